The first-order valence-electron chi connectivity index (χ1n) is 8.18. The van der Waals surface area contributed by atoms with Gasteiger partial charge in [0.1, 0.15) is 11.3 Å². The van der Waals surface area contributed by atoms with Crippen LogP contribution in [0.3, 0.4) is 0 Å². The molecule has 0 fully saturated rings. The first-order valence-corrected chi connectivity index (χ1v) is 8.18. The number of aromatic amines is 1. The number of rotatable bonds is 3. The number of aromatic carboxylic acids is 1. The Morgan fingerprint density at radius 1 is 1.04 bits per heavy atom. The van der Waals surface area contributed by atoms with Gasteiger partial charge < -0.3 is 24.9 Å². The summed E-state index contributed by atoms with van der Waals surface area (Å²) in [4.78, 5) is 27.1. The predicted molar refractivity (Wildman–Crippen MR) is 95.3 cm³/mol. The minimum atomic E-state index is -1.11. The number of fused-ring (bicyclic) bond motifs is 2. The molecule has 3 aromatic rings. The average molecular weight is 352 g/mol. The van der Waals surface area contributed by atoms with Crippen molar-refractivity contribution >= 4 is 28.5 Å². The molecule has 2 aromatic carbocycles. The molecular formula is C19H16N2O5. The number of carboxylic acid groups (broad SMARTS) is 1. The molecule has 0 aliphatic carbocycles. The number of para-hydroxylation sites is 1. The highest BCUT2D eigenvalue weighted by Gasteiger charge is 2.24. The van der Waals surface area contributed by atoms with Gasteiger partial charge in [-0.15, -0.1) is 0 Å². The monoisotopic (exact) mass is 352 g/mol. The van der Waals surface area contributed by atoms with Crippen molar-refractivity contribution in [2.75, 3.05) is 18.5 Å². The minimum absolute atomic E-state index is 0.00510. The van der Waals surface area contributed by atoms with Crippen LogP contribution in [0.1, 0.15) is 27.3 Å². The summed E-state index contributed by atoms with van der Waals surface area (Å²) < 4.78 is 11.2. The van der Waals surface area contributed by atoms with Gasteiger partial charge in [0.05, 0.1) is 18.9 Å². The normalized spacial score (nSPS) is 13.2. The van der Waals surface area contributed by atoms with E-state index in [1.807, 2.05) is 24.3 Å². The molecule has 2 heterocycles. The average Bonchev–Trinajstić information content (AvgIpc) is 2.92. The molecule has 4 rings (SSSR count). The molecule has 0 radical (unpaired) electrons. The van der Waals surface area contributed by atoms with E-state index in [2.05, 4.69) is 10.3 Å². The van der Waals surface area contributed by atoms with E-state index in [0.717, 1.165) is 10.9 Å². The fourth-order valence-electron chi connectivity index (χ4n) is 2.91. The Morgan fingerprint density at radius 3 is 2.58 bits per heavy atom. The molecule has 0 saturated heterocycles. The predicted octanol–water partition coefficient (Wildman–Crippen LogP) is 3.28. The lowest BCUT2D eigenvalue weighted by Crippen LogP contribution is -2.14. The number of carbonyl (C=O) groups excluding carboxylic acids is 1. The summed E-state index contributed by atoms with van der Waals surface area (Å²) in [7, 11) is 0. The zero-order valence-corrected chi connectivity index (χ0v) is 13.7. The van der Waals surface area contributed by atoms with Crippen molar-refractivity contribution in [2.24, 2.45) is 0 Å². The SMILES string of the molecule is O=C(Nc1ccc(C(=O)O)c2c1OCCCO2)c1cc2ccccc2[nH]1. The number of hydrogen-bond acceptors (Lipinski definition) is 4. The standard InChI is InChI=1S/C19H16N2O5/c22-18(15-10-11-4-1-2-5-13(11)20-15)21-14-7-6-12(19(23)24)16-17(14)26-9-3-8-25-16/h1-2,4-7,10,20H,3,8-9H2,(H,21,22)(H,23,24). The molecule has 1 aliphatic heterocycles. The number of amides is 1. The van der Waals surface area contributed by atoms with Crippen LogP contribution in [-0.4, -0.2) is 35.2 Å². The maximum absolute atomic E-state index is 12.6. The Labute approximate surface area is 148 Å². The topological polar surface area (TPSA) is 101 Å². The Hall–Kier alpha value is -3.48. The number of ether oxygens (including phenoxy) is 2. The van der Waals surface area contributed by atoms with Crippen LogP contribution >= 0.6 is 0 Å². The third kappa shape index (κ3) is 2.83. The van der Waals surface area contributed by atoms with Crippen molar-refractivity contribution in [3.05, 3.63) is 53.7 Å². The lowest BCUT2D eigenvalue weighted by molar-refractivity contribution is 0.0692. The number of carboxylic acids is 1. The molecule has 1 aromatic heterocycles. The molecule has 0 spiro atoms. The second-order valence-corrected chi connectivity index (χ2v) is 5.90. The molecule has 0 atom stereocenters. The van der Waals surface area contributed by atoms with Crippen molar-refractivity contribution < 1.29 is 24.2 Å². The largest absolute Gasteiger partial charge is 0.489 e. The van der Waals surface area contributed by atoms with Gasteiger partial charge in [-0.3, -0.25) is 4.79 Å². The van der Waals surface area contributed by atoms with Gasteiger partial charge in [-0.25, -0.2) is 4.79 Å². The van der Waals surface area contributed by atoms with E-state index in [1.165, 1.54) is 12.1 Å². The third-order valence-corrected chi connectivity index (χ3v) is 4.15. The van der Waals surface area contributed by atoms with E-state index in [0.29, 0.717) is 31.0 Å². The van der Waals surface area contributed by atoms with Crippen LogP contribution < -0.4 is 14.8 Å². The molecule has 3 N–H and O–H groups in total. The van der Waals surface area contributed by atoms with Crippen molar-refractivity contribution in [2.45, 2.75) is 6.42 Å². The van der Waals surface area contributed by atoms with Crippen LogP contribution in [0.5, 0.6) is 11.5 Å². The molecule has 7 heteroatoms. The Kier molecular flexibility index (Phi) is 3.96. The lowest BCUT2D eigenvalue weighted by Gasteiger charge is -2.15. The zero-order chi connectivity index (χ0) is 18.1. The highest BCUT2D eigenvalue weighted by molar-refractivity contribution is 6.07. The summed E-state index contributed by atoms with van der Waals surface area (Å²) in [6.07, 6.45) is 0.628. The molecule has 132 valence electrons. The number of hydrogen-bond donors (Lipinski definition) is 3. The van der Waals surface area contributed by atoms with Crippen LogP contribution in [0.15, 0.2) is 42.5 Å². The van der Waals surface area contributed by atoms with Crippen molar-refractivity contribution in [1.29, 1.82) is 0 Å². The van der Waals surface area contributed by atoms with Crippen LogP contribution in [0.2, 0.25) is 0 Å². The van der Waals surface area contributed by atoms with E-state index in [1.54, 1.807) is 6.07 Å². The van der Waals surface area contributed by atoms with Crippen molar-refractivity contribution in [3.63, 3.8) is 0 Å². The Bertz CT molecular complexity index is 975. The van der Waals surface area contributed by atoms with Crippen LogP contribution in [0.4, 0.5) is 5.69 Å². The van der Waals surface area contributed by atoms with Gasteiger partial charge >= 0.3 is 5.97 Å². The first kappa shape index (κ1) is 16.0. The summed E-state index contributed by atoms with van der Waals surface area (Å²) in [5.74, 6) is -1.07. The highest BCUT2D eigenvalue weighted by atomic mass is 16.5. The van der Waals surface area contributed by atoms with Gasteiger partial charge in [-0.05, 0) is 24.3 Å². The molecule has 0 unspecified atom stereocenters. The molecular weight excluding hydrogens is 336 g/mol. The number of aromatic nitrogens is 1. The smallest absolute Gasteiger partial charge is 0.339 e. The fraction of sp³-hybridized carbons (Fsp3) is 0.158. The summed E-state index contributed by atoms with van der Waals surface area (Å²) in [6.45, 7) is 0.734. The van der Waals surface area contributed by atoms with Crippen molar-refractivity contribution in [1.82, 2.24) is 4.98 Å². The van der Waals surface area contributed by atoms with E-state index in [4.69, 9.17) is 9.47 Å². The molecule has 1 aliphatic rings. The number of benzene rings is 2. The first-order chi connectivity index (χ1) is 12.6. The van der Waals surface area contributed by atoms with Crippen LogP contribution in [0, 0.1) is 0 Å². The van der Waals surface area contributed by atoms with Gasteiger partial charge in [0, 0.05) is 17.3 Å². The lowest BCUT2D eigenvalue weighted by atomic mass is 10.1. The highest BCUT2D eigenvalue weighted by Crippen LogP contribution is 2.40. The van der Waals surface area contributed by atoms with Gasteiger partial charge in [0.15, 0.2) is 11.5 Å². The number of anilines is 1. The van der Waals surface area contributed by atoms with E-state index >= 15 is 0 Å². The van der Waals surface area contributed by atoms with Gasteiger partial charge in [0.25, 0.3) is 5.91 Å². The second kappa shape index (κ2) is 6.44. The van der Waals surface area contributed by atoms with Gasteiger partial charge in [0.2, 0.25) is 0 Å². The minimum Gasteiger partial charge on any atom is -0.489 e. The molecule has 26 heavy (non-hydrogen) atoms. The third-order valence-electron chi connectivity index (χ3n) is 4.15. The summed E-state index contributed by atoms with van der Waals surface area (Å²) >= 11 is 0. The Balaban J connectivity index is 1.69. The molecule has 7 nitrogen and oxygen atoms in total. The number of carbonyl (C=O) groups is 2. The maximum Gasteiger partial charge on any atom is 0.339 e. The van der Waals surface area contributed by atoms with Crippen LogP contribution in [0.25, 0.3) is 10.9 Å². The van der Waals surface area contributed by atoms with Crippen LogP contribution in [-0.2, 0) is 0 Å². The van der Waals surface area contributed by atoms with Gasteiger partial charge in [-0.2, -0.15) is 0 Å². The molecule has 0 bridgehead atoms. The summed E-state index contributed by atoms with van der Waals surface area (Å²) in [6, 6.07) is 12.2. The molecule has 0 saturated carbocycles. The number of nitrogens with one attached hydrogen (secondary N) is 2. The zero-order valence-electron chi connectivity index (χ0n) is 13.7. The number of H-pyrrole nitrogens is 1. The Morgan fingerprint density at radius 2 is 1.81 bits per heavy atom. The second-order valence-electron chi connectivity index (χ2n) is 5.90. The fourth-order valence-corrected chi connectivity index (χ4v) is 2.91. The summed E-state index contributed by atoms with van der Waals surface area (Å²) in [5, 5.41) is 13.0. The van der Waals surface area contributed by atoms with E-state index in [9.17, 15) is 14.7 Å². The summed E-state index contributed by atoms with van der Waals surface area (Å²) in [5.41, 5.74) is 1.63. The molecule has 1 amide bonds. The van der Waals surface area contributed by atoms with E-state index < -0.39 is 5.97 Å². The van der Waals surface area contributed by atoms with E-state index in [-0.39, 0.29) is 23.0 Å². The van der Waals surface area contributed by atoms with Gasteiger partial charge in [-0.1, -0.05) is 18.2 Å². The quantitative estimate of drug-likeness (QED) is 0.672. The maximum atomic E-state index is 12.6. The van der Waals surface area contributed by atoms with Crippen molar-refractivity contribution in [3.8, 4) is 11.5 Å².